The Kier molecular flexibility index (Phi) is 5.46. The van der Waals surface area contributed by atoms with Crippen LogP contribution in [0.4, 0.5) is 0 Å². The molecule has 0 spiro atoms. The second-order valence-corrected chi connectivity index (χ2v) is 7.39. The number of carbonyl (C=O) groups excluding carboxylic acids is 2. The molecule has 6 heteroatoms. The number of carbonyl (C=O) groups is 2. The molecule has 1 fully saturated rings. The van der Waals surface area contributed by atoms with Gasteiger partial charge in [-0.15, -0.1) is 0 Å². The zero-order chi connectivity index (χ0) is 19.3. The van der Waals surface area contributed by atoms with Crippen LogP contribution in [0.1, 0.15) is 64.9 Å². The Morgan fingerprint density at radius 1 is 1.04 bits per heavy atom. The maximum absolute atomic E-state index is 12.7. The number of imidazole rings is 1. The Hall–Kier alpha value is -3.02. The van der Waals surface area contributed by atoms with Gasteiger partial charge in [-0.3, -0.25) is 9.59 Å². The zero-order valence-electron chi connectivity index (χ0n) is 15.8. The minimum Gasteiger partial charge on any atom is -0.352 e. The summed E-state index contributed by atoms with van der Waals surface area (Å²) in [5, 5.41) is 7.17. The summed E-state index contributed by atoms with van der Waals surface area (Å²) < 4.78 is 1.52. The van der Waals surface area contributed by atoms with E-state index in [-0.39, 0.29) is 11.7 Å². The van der Waals surface area contributed by atoms with Gasteiger partial charge in [0.2, 0.25) is 5.78 Å². The molecule has 2 aromatic heterocycles. The number of nitrogens with zero attached hydrogens (tertiary/aromatic N) is 3. The molecule has 0 radical (unpaired) electrons. The first-order valence-corrected chi connectivity index (χ1v) is 9.94. The number of fused-ring (bicyclic) bond motifs is 1. The van der Waals surface area contributed by atoms with Crippen LogP contribution < -0.4 is 5.32 Å². The second-order valence-electron chi connectivity index (χ2n) is 7.39. The second kappa shape index (κ2) is 8.33. The highest BCUT2D eigenvalue weighted by Gasteiger charge is 2.16. The van der Waals surface area contributed by atoms with Crippen LogP contribution in [0.2, 0.25) is 0 Å². The SMILES string of the molecule is O=C(NCCC1CCCCC1)c1ccc(C(=O)c2cnc3cccnn23)cc1. The largest absolute Gasteiger partial charge is 0.352 e. The number of aromatic nitrogens is 3. The van der Waals surface area contributed by atoms with E-state index >= 15 is 0 Å². The van der Waals surface area contributed by atoms with E-state index in [1.54, 1.807) is 42.6 Å². The molecule has 6 nitrogen and oxygen atoms in total. The summed E-state index contributed by atoms with van der Waals surface area (Å²) in [4.78, 5) is 29.3. The number of benzene rings is 1. The van der Waals surface area contributed by atoms with Crippen molar-refractivity contribution in [3.8, 4) is 0 Å². The average Bonchev–Trinajstić information content (AvgIpc) is 3.18. The Labute approximate surface area is 164 Å². The molecule has 144 valence electrons. The predicted molar refractivity (Wildman–Crippen MR) is 106 cm³/mol. The fraction of sp³-hybridized carbons (Fsp3) is 0.364. The van der Waals surface area contributed by atoms with Crippen LogP contribution in [-0.4, -0.2) is 32.8 Å². The summed E-state index contributed by atoms with van der Waals surface area (Å²) in [6, 6.07) is 10.3. The maximum atomic E-state index is 12.7. The van der Waals surface area contributed by atoms with E-state index in [9.17, 15) is 9.59 Å². The van der Waals surface area contributed by atoms with Gasteiger partial charge in [0.05, 0.1) is 6.20 Å². The van der Waals surface area contributed by atoms with Crippen LogP contribution in [0.25, 0.3) is 5.65 Å². The first kappa shape index (κ1) is 18.3. The van der Waals surface area contributed by atoms with Gasteiger partial charge in [-0.1, -0.05) is 44.2 Å². The van der Waals surface area contributed by atoms with Crippen LogP contribution in [0.5, 0.6) is 0 Å². The van der Waals surface area contributed by atoms with Gasteiger partial charge in [0.1, 0.15) is 5.69 Å². The van der Waals surface area contributed by atoms with E-state index in [2.05, 4.69) is 15.4 Å². The third-order valence-corrected chi connectivity index (χ3v) is 5.48. The minimum atomic E-state index is -0.171. The van der Waals surface area contributed by atoms with Crippen LogP contribution >= 0.6 is 0 Å². The minimum absolute atomic E-state index is 0.0914. The molecule has 0 bridgehead atoms. The van der Waals surface area contributed by atoms with Crippen molar-refractivity contribution in [3.05, 3.63) is 65.6 Å². The Morgan fingerprint density at radius 3 is 2.57 bits per heavy atom. The molecule has 1 aromatic carbocycles. The Morgan fingerprint density at radius 2 is 1.79 bits per heavy atom. The summed E-state index contributed by atoms with van der Waals surface area (Å²) in [5.74, 6) is 0.481. The van der Waals surface area contributed by atoms with Crippen molar-refractivity contribution in [1.29, 1.82) is 0 Å². The third-order valence-electron chi connectivity index (χ3n) is 5.48. The average molecular weight is 376 g/mol. The van der Waals surface area contributed by atoms with E-state index < -0.39 is 0 Å². The Bertz CT molecular complexity index is 972. The van der Waals surface area contributed by atoms with Crippen molar-refractivity contribution >= 4 is 17.3 Å². The quantitative estimate of drug-likeness (QED) is 0.666. The number of nitrogens with one attached hydrogen (secondary N) is 1. The molecular weight excluding hydrogens is 352 g/mol. The molecule has 0 aliphatic heterocycles. The van der Waals surface area contributed by atoms with E-state index in [0.29, 0.717) is 29.0 Å². The van der Waals surface area contributed by atoms with Gasteiger partial charge in [0, 0.05) is 23.9 Å². The van der Waals surface area contributed by atoms with Gasteiger partial charge < -0.3 is 5.32 Å². The van der Waals surface area contributed by atoms with Crippen molar-refractivity contribution in [2.75, 3.05) is 6.54 Å². The highest BCUT2D eigenvalue weighted by Crippen LogP contribution is 2.25. The molecule has 3 aromatic rings. The van der Waals surface area contributed by atoms with Crippen molar-refractivity contribution in [3.63, 3.8) is 0 Å². The maximum Gasteiger partial charge on any atom is 0.251 e. The normalized spacial score (nSPS) is 14.9. The van der Waals surface area contributed by atoms with Gasteiger partial charge >= 0.3 is 0 Å². The highest BCUT2D eigenvalue weighted by molar-refractivity contribution is 6.08. The van der Waals surface area contributed by atoms with Crippen LogP contribution in [0.15, 0.2) is 48.8 Å². The fourth-order valence-corrected chi connectivity index (χ4v) is 3.87. The van der Waals surface area contributed by atoms with Crippen LogP contribution in [-0.2, 0) is 0 Å². The fourth-order valence-electron chi connectivity index (χ4n) is 3.87. The van der Waals surface area contributed by atoms with Gasteiger partial charge in [-0.2, -0.15) is 5.10 Å². The van der Waals surface area contributed by atoms with Crippen molar-refractivity contribution in [2.45, 2.75) is 38.5 Å². The topological polar surface area (TPSA) is 76.4 Å². The monoisotopic (exact) mass is 376 g/mol. The molecule has 1 N–H and O–H groups in total. The molecule has 1 amide bonds. The molecule has 4 rings (SSSR count). The Balaban J connectivity index is 1.37. The summed E-state index contributed by atoms with van der Waals surface area (Å²) in [7, 11) is 0. The van der Waals surface area contributed by atoms with E-state index in [1.807, 2.05) is 0 Å². The van der Waals surface area contributed by atoms with E-state index in [1.165, 1.54) is 42.8 Å². The van der Waals surface area contributed by atoms with E-state index in [0.717, 1.165) is 12.3 Å². The number of amides is 1. The van der Waals surface area contributed by atoms with Gasteiger partial charge in [-0.25, -0.2) is 9.50 Å². The smallest absolute Gasteiger partial charge is 0.251 e. The highest BCUT2D eigenvalue weighted by atomic mass is 16.1. The van der Waals surface area contributed by atoms with Gasteiger partial charge in [-0.05, 0) is 36.6 Å². The standard InChI is InChI=1S/C22H24N4O2/c27-21(19-15-24-20-7-4-13-25-26(19)20)17-8-10-18(11-9-17)22(28)23-14-12-16-5-2-1-3-6-16/h4,7-11,13,15-16H,1-3,5-6,12,14H2,(H,23,28). The summed E-state index contributed by atoms with van der Waals surface area (Å²) in [5.41, 5.74) is 2.10. The van der Waals surface area contributed by atoms with Crippen LogP contribution in [0.3, 0.4) is 0 Å². The van der Waals surface area contributed by atoms with Crippen LogP contribution in [0, 0.1) is 5.92 Å². The lowest BCUT2D eigenvalue weighted by molar-refractivity contribution is 0.0948. The van der Waals surface area contributed by atoms with Crippen molar-refractivity contribution in [2.24, 2.45) is 5.92 Å². The lowest BCUT2D eigenvalue weighted by Gasteiger charge is -2.21. The predicted octanol–water partition coefficient (Wildman–Crippen LogP) is 3.66. The number of rotatable bonds is 6. The molecule has 0 unspecified atom stereocenters. The molecule has 1 aliphatic rings. The molecule has 28 heavy (non-hydrogen) atoms. The van der Waals surface area contributed by atoms with Crippen molar-refractivity contribution < 1.29 is 9.59 Å². The summed E-state index contributed by atoms with van der Waals surface area (Å²) in [6.45, 7) is 0.706. The van der Waals surface area contributed by atoms with Gasteiger partial charge in [0.15, 0.2) is 5.65 Å². The van der Waals surface area contributed by atoms with Gasteiger partial charge in [0.25, 0.3) is 5.91 Å². The number of hydrogen-bond donors (Lipinski definition) is 1. The summed E-state index contributed by atoms with van der Waals surface area (Å²) >= 11 is 0. The molecule has 2 heterocycles. The summed E-state index contributed by atoms with van der Waals surface area (Å²) in [6.07, 6.45) is 10.7. The molecule has 0 saturated heterocycles. The van der Waals surface area contributed by atoms with Crippen molar-refractivity contribution in [1.82, 2.24) is 19.9 Å². The molecule has 0 atom stereocenters. The number of hydrogen-bond acceptors (Lipinski definition) is 4. The first-order valence-electron chi connectivity index (χ1n) is 9.94. The first-order chi connectivity index (χ1) is 13.7. The molecule has 1 saturated carbocycles. The molecular formula is C22H24N4O2. The zero-order valence-corrected chi connectivity index (χ0v) is 15.8. The van der Waals surface area contributed by atoms with E-state index in [4.69, 9.17) is 0 Å². The lowest BCUT2D eigenvalue weighted by atomic mass is 9.87. The molecule has 1 aliphatic carbocycles. The number of ketones is 1. The third kappa shape index (κ3) is 3.96. The lowest BCUT2D eigenvalue weighted by Crippen LogP contribution is -2.26.